The molecule has 136 valence electrons. The monoisotopic (exact) mass is 374 g/mol. The Labute approximate surface area is 153 Å². The molecule has 24 heavy (non-hydrogen) atoms. The van der Waals surface area contributed by atoms with Crippen LogP contribution in [0, 0.1) is 0 Å². The summed E-state index contributed by atoms with van der Waals surface area (Å²) in [5.41, 5.74) is 0. The lowest BCUT2D eigenvalue weighted by Gasteiger charge is -2.18. The van der Waals surface area contributed by atoms with E-state index < -0.39 is 0 Å². The highest BCUT2D eigenvalue weighted by atomic mass is 32.2. The number of amides is 4. The molecule has 4 amide bonds. The van der Waals surface area contributed by atoms with Gasteiger partial charge in [-0.1, -0.05) is 0 Å². The maximum atomic E-state index is 11.5. The van der Waals surface area contributed by atoms with Crippen molar-refractivity contribution in [3.63, 3.8) is 0 Å². The van der Waals surface area contributed by atoms with Gasteiger partial charge >= 0.3 is 0 Å². The van der Waals surface area contributed by atoms with Gasteiger partial charge in [-0.15, -0.1) is 0 Å². The van der Waals surface area contributed by atoms with Crippen LogP contribution in [0.1, 0.15) is 34.1 Å². The molecule has 2 aliphatic heterocycles. The van der Waals surface area contributed by atoms with Crippen molar-refractivity contribution in [2.75, 3.05) is 12.5 Å². The van der Waals surface area contributed by atoms with Crippen LogP contribution in [0.5, 0.6) is 0 Å². The Bertz CT molecular complexity index is 500. The van der Waals surface area contributed by atoms with E-state index in [4.69, 9.17) is 0 Å². The van der Waals surface area contributed by atoms with Gasteiger partial charge < -0.3 is 0 Å². The van der Waals surface area contributed by atoms with Crippen LogP contribution in [0.25, 0.3) is 0 Å². The van der Waals surface area contributed by atoms with Crippen molar-refractivity contribution in [2.24, 2.45) is 0 Å². The highest BCUT2D eigenvalue weighted by Gasteiger charge is 2.39. The SMILES string of the molecule is CC(C)N1C(=O)C=CC1=O.CS.CSC1CC(=O)N(C(C)C)C1=O. The van der Waals surface area contributed by atoms with Crippen molar-refractivity contribution in [2.45, 2.75) is 51.4 Å². The van der Waals surface area contributed by atoms with E-state index in [1.54, 1.807) is 6.26 Å². The minimum Gasteiger partial charge on any atom is -0.279 e. The van der Waals surface area contributed by atoms with Gasteiger partial charge in [0, 0.05) is 30.7 Å². The Morgan fingerprint density at radius 3 is 1.58 bits per heavy atom. The largest absolute Gasteiger partial charge is 0.279 e. The molecule has 1 unspecified atom stereocenters. The quantitative estimate of drug-likeness (QED) is 0.602. The standard InChI is InChI=1S/C8H13NO2S.C7H9NO2.CH4S/c1-5(2)9-7(10)4-6(12-3)8(9)11;1-5(2)8-6(9)3-4-7(8)10;1-2/h5-6H,4H2,1-3H3;3-5H,1-2H3;2H,1H3. The van der Waals surface area contributed by atoms with Gasteiger partial charge in [-0.05, 0) is 40.2 Å². The fraction of sp³-hybridized carbons (Fsp3) is 0.625. The van der Waals surface area contributed by atoms with Gasteiger partial charge in [0.15, 0.2) is 0 Å². The Balaban J connectivity index is 0.000000405. The first-order valence-corrected chi connectivity index (χ1v) is 9.77. The number of likely N-dealkylation sites (tertiary alicyclic amines) is 1. The Morgan fingerprint density at radius 2 is 1.38 bits per heavy atom. The number of carbonyl (C=O) groups is 4. The maximum absolute atomic E-state index is 11.5. The van der Waals surface area contributed by atoms with Gasteiger partial charge in [0.05, 0.1) is 5.25 Å². The lowest BCUT2D eigenvalue weighted by molar-refractivity contribution is -0.141. The van der Waals surface area contributed by atoms with E-state index in [1.165, 1.54) is 33.7 Å². The maximum Gasteiger partial charge on any atom is 0.253 e. The summed E-state index contributed by atoms with van der Waals surface area (Å²) in [4.78, 5) is 47.0. The van der Waals surface area contributed by atoms with Crippen molar-refractivity contribution in [1.29, 1.82) is 0 Å². The van der Waals surface area contributed by atoms with Crippen molar-refractivity contribution >= 4 is 48.0 Å². The third-order valence-corrected chi connectivity index (χ3v) is 4.24. The fourth-order valence-electron chi connectivity index (χ4n) is 2.27. The summed E-state index contributed by atoms with van der Waals surface area (Å²) in [5.74, 6) is -0.475. The molecule has 0 aliphatic carbocycles. The molecule has 0 aromatic carbocycles. The number of rotatable bonds is 3. The molecule has 1 saturated heterocycles. The van der Waals surface area contributed by atoms with Crippen LogP contribution in [0.2, 0.25) is 0 Å². The third kappa shape index (κ3) is 5.66. The van der Waals surface area contributed by atoms with E-state index in [-0.39, 0.29) is 41.0 Å². The molecule has 0 radical (unpaired) electrons. The Morgan fingerprint density at radius 1 is 0.958 bits per heavy atom. The van der Waals surface area contributed by atoms with Crippen LogP contribution in [-0.2, 0) is 19.2 Å². The average Bonchev–Trinajstić information content (AvgIpc) is 3.00. The minimum absolute atomic E-state index is 0.00199. The number of nitrogens with zero attached hydrogens (tertiary/aromatic N) is 2. The highest BCUT2D eigenvalue weighted by molar-refractivity contribution is 8.00. The first-order chi connectivity index (χ1) is 11.2. The van der Waals surface area contributed by atoms with Crippen LogP contribution in [-0.4, -0.2) is 63.3 Å². The van der Waals surface area contributed by atoms with Gasteiger partial charge in [-0.3, -0.25) is 29.0 Å². The molecule has 0 N–H and O–H groups in total. The van der Waals surface area contributed by atoms with Gasteiger partial charge in [-0.2, -0.15) is 24.4 Å². The summed E-state index contributed by atoms with van der Waals surface area (Å²) in [7, 11) is 0. The Kier molecular flexibility index (Phi) is 9.99. The highest BCUT2D eigenvalue weighted by Crippen LogP contribution is 2.24. The zero-order chi connectivity index (χ0) is 19.0. The van der Waals surface area contributed by atoms with Crippen LogP contribution in [0.4, 0.5) is 0 Å². The smallest absolute Gasteiger partial charge is 0.253 e. The van der Waals surface area contributed by atoms with Crippen LogP contribution < -0.4 is 0 Å². The van der Waals surface area contributed by atoms with Crippen molar-refractivity contribution in [3.05, 3.63) is 12.2 Å². The minimum atomic E-state index is -0.208. The second-order valence-corrected chi connectivity index (χ2v) is 6.64. The molecule has 0 aromatic rings. The molecule has 6 nitrogen and oxygen atoms in total. The van der Waals surface area contributed by atoms with Crippen LogP contribution in [0.15, 0.2) is 12.2 Å². The summed E-state index contributed by atoms with van der Waals surface area (Å²) < 4.78 is 0. The first-order valence-electron chi connectivity index (χ1n) is 7.59. The molecule has 8 heteroatoms. The summed E-state index contributed by atoms with van der Waals surface area (Å²) in [5, 5.41) is -0.139. The zero-order valence-electron chi connectivity index (χ0n) is 15.0. The van der Waals surface area contributed by atoms with Crippen LogP contribution in [0.3, 0.4) is 0 Å². The number of hydrogen-bond acceptors (Lipinski definition) is 6. The molecule has 0 spiro atoms. The molecular weight excluding hydrogens is 348 g/mol. The van der Waals surface area contributed by atoms with E-state index in [9.17, 15) is 19.2 Å². The number of carbonyl (C=O) groups excluding carboxylic acids is 4. The average molecular weight is 375 g/mol. The summed E-state index contributed by atoms with van der Waals surface area (Å²) in [6.07, 6.45) is 6.52. The lowest BCUT2D eigenvalue weighted by atomic mass is 10.3. The van der Waals surface area contributed by atoms with E-state index in [2.05, 4.69) is 12.6 Å². The summed E-state index contributed by atoms with van der Waals surface area (Å²) in [6.45, 7) is 7.34. The molecule has 2 aliphatic rings. The molecule has 2 rings (SSSR count). The molecule has 0 aromatic heterocycles. The predicted octanol–water partition coefficient (Wildman–Crippen LogP) is 1.75. The molecular formula is C16H26N2O4S2. The molecule has 1 atom stereocenters. The number of hydrogen-bond donors (Lipinski definition) is 1. The Hall–Kier alpha value is -1.28. The fourth-order valence-corrected chi connectivity index (χ4v) is 2.89. The number of thioether (sulfide) groups is 1. The van der Waals surface area contributed by atoms with Crippen molar-refractivity contribution in [1.82, 2.24) is 9.80 Å². The van der Waals surface area contributed by atoms with Gasteiger partial charge in [0.25, 0.3) is 11.8 Å². The lowest BCUT2D eigenvalue weighted by Crippen LogP contribution is -2.37. The first kappa shape index (κ1) is 22.7. The van der Waals surface area contributed by atoms with Crippen molar-refractivity contribution < 1.29 is 19.2 Å². The molecule has 0 saturated carbocycles. The normalized spacial score (nSPS) is 19.8. The second-order valence-electron chi connectivity index (χ2n) is 5.60. The van der Waals surface area contributed by atoms with E-state index in [0.29, 0.717) is 6.42 Å². The van der Waals surface area contributed by atoms with Gasteiger partial charge in [0.1, 0.15) is 0 Å². The zero-order valence-corrected chi connectivity index (χ0v) is 16.7. The number of imide groups is 2. The third-order valence-electron chi connectivity index (χ3n) is 3.30. The number of thiol groups is 1. The summed E-state index contributed by atoms with van der Waals surface area (Å²) in [6, 6.07) is -0.0304. The second kappa shape index (κ2) is 10.6. The van der Waals surface area contributed by atoms with Gasteiger partial charge in [0.2, 0.25) is 11.8 Å². The van der Waals surface area contributed by atoms with E-state index in [0.717, 1.165) is 0 Å². The topological polar surface area (TPSA) is 74.8 Å². The van der Waals surface area contributed by atoms with E-state index >= 15 is 0 Å². The molecule has 2 heterocycles. The van der Waals surface area contributed by atoms with Crippen LogP contribution >= 0.6 is 24.4 Å². The van der Waals surface area contributed by atoms with E-state index in [1.807, 2.05) is 34.0 Å². The molecule has 1 fully saturated rings. The van der Waals surface area contributed by atoms with Crippen molar-refractivity contribution in [3.8, 4) is 0 Å². The molecule has 0 bridgehead atoms. The van der Waals surface area contributed by atoms with Gasteiger partial charge in [-0.25, -0.2) is 0 Å². The predicted molar refractivity (Wildman–Crippen MR) is 99.9 cm³/mol. The summed E-state index contributed by atoms with van der Waals surface area (Å²) >= 11 is 4.98.